The average Bonchev–Trinajstić information content (AvgIpc) is 3.50. The molecule has 150 valence electrons. The molecule has 28 heavy (non-hydrogen) atoms. The lowest BCUT2D eigenvalue weighted by Crippen LogP contribution is -2.27. The number of rotatable bonds is 9. The van der Waals surface area contributed by atoms with Crippen LogP contribution in [0.2, 0.25) is 0 Å². The minimum atomic E-state index is -3.43. The van der Waals surface area contributed by atoms with E-state index in [0.717, 1.165) is 29.7 Å². The summed E-state index contributed by atoms with van der Waals surface area (Å²) in [6.45, 7) is 1.94. The lowest BCUT2D eigenvalue weighted by atomic mass is 10.1. The summed E-state index contributed by atoms with van der Waals surface area (Å²) in [6, 6.07) is 14.3. The van der Waals surface area contributed by atoms with Gasteiger partial charge in [-0.05, 0) is 61.6 Å². The van der Waals surface area contributed by atoms with E-state index in [9.17, 15) is 13.2 Å². The Bertz CT molecular complexity index is 904. The number of hydrogen-bond acceptors (Lipinski definition) is 4. The molecule has 1 atom stereocenters. The van der Waals surface area contributed by atoms with E-state index in [2.05, 4.69) is 10.0 Å². The van der Waals surface area contributed by atoms with Crippen molar-refractivity contribution in [2.75, 3.05) is 7.11 Å². The van der Waals surface area contributed by atoms with Crippen molar-refractivity contribution in [1.29, 1.82) is 0 Å². The number of amides is 1. The smallest absolute Gasteiger partial charge is 0.240 e. The summed E-state index contributed by atoms with van der Waals surface area (Å²) in [5, 5.41) is 2.98. The Balaban J connectivity index is 1.49. The summed E-state index contributed by atoms with van der Waals surface area (Å²) in [5.74, 6) is 0.732. The molecule has 0 spiro atoms. The molecule has 0 heterocycles. The Morgan fingerprint density at radius 2 is 1.75 bits per heavy atom. The van der Waals surface area contributed by atoms with E-state index < -0.39 is 10.0 Å². The summed E-state index contributed by atoms with van der Waals surface area (Å²) in [7, 11) is -1.82. The minimum absolute atomic E-state index is 0.0459. The molecule has 7 heteroatoms. The number of methoxy groups -OCH3 is 1. The van der Waals surface area contributed by atoms with Crippen LogP contribution < -0.4 is 14.8 Å². The molecule has 0 bridgehead atoms. The van der Waals surface area contributed by atoms with Gasteiger partial charge in [0.05, 0.1) is 18.0 Å². The second kappa shape index (κ2) is 8.75. The molecule has 0 unspecified atom stereocenters. The van der Waals surface area contributed by atoms with Gasteiger partial charge in [0.15, 0.2) is 0 Å². The van der Waals surface area contributed by atoms with Gasteiger partial charge in [0.25, 0.3) is 0 Å². The Kier molecular flexibility index (Phi) is 6.36. The normalized spacial score (nSPS) is 15.1. The van der Waals surface area contributed by atoms with Gasteiger partial charge >= 0.3 is 0 Å². The number of ether oxygens (including phenoxy) is 1. The van der Waals surface area contributed by atoms with E-state index in [1.165, 1.54) is 0 Å². The predicted octanol–water partition coefficient (Wildman–Crippen LogP) is 2.95. The maximum atomic E-state index is 12.2. The maximum Gasteiger partial charge on any atom is 0.240 e. The van der Waals surface area contributed by atoms with Gasteiger partial charge in [-0.3, -0.25) is 4.79 Å². The quantitative estimate of drug-likeness (QED) is 0.675. The number of sulfonamides is 1. The molecule has 1 aliphatic rings. The largest absolute Gasteiger partial charge is 0.497 e. The number of carbonyl (C=O) groups excluding carboxylic acids is 1. The van der Waals surface area contributed by atoms with Crippen LogP contribution in [-0.4, -0.2) is 27.5 Å². The lowest BCUT2D eigenvalue weighted by Gasteiger charge is -2.15. The molecule has 2 aromatic rings. The van der Waals surface area contributed by atoms with Crippen molar-refractivity contribution < 1.29 is 17.9 Å². The molecule has 3 rings (SSSR count). The molecule has 6 nitrogen and oxygen atoms in total. The van der Waals surface area contributed by atoms with Crippen LogP contribution in [0.5, 0.6) is 5.75 Å². The van der Waals surface area contributed by atoms with E-state index >= 15 is 0 Å². The Labute approximate surface area is 166 Å². The summed E-state index contributed by atoms with van der Waals surface area (Å²) >= 11 is 0. The standard InChI is InChI=1S/C21H26N2O4S/c1-15(17-6-10-19(27-2)11-7-17)22-21(24)14-5-16-3-12-20(13-4-16)28(25,26)23-18-8-9-18/h3-4,6-7,10-13,15,18,23H,5,8-9,14H2,1-2H3,(H,22,24)/t15-/m1/s1. The zero-order valence-electron chi connectivity index (χ0n) is 16.1. The van der Waals surface area contributed by atoms with Crippen molar-refractivity contribution >= 4 is 15.9 Å². The average molecular weight is 403 g/mol. The molecule has 2 N–H and O–H groups in total. The Hall–Kier alpha value is -2.38. The third-order valence-corrected chi connectivity index (χ3v) is 6.30. The van der Waals surface area contributed by atoms with Crippen LogP contribution >= 0.6 is 0 Å². The van der Waals surface area contributed by atoms with Crippen LogP contribution in [0.15, 0.2) is 53.4 Å². The van der Waals surface area contributed by atoms with E-state index in [4.69, 9.17) is 4.74 Å². The van der Waals surface area contributed by atoms with Gasteiger partial charge in [0, 0.05) is 12.5 Å². The summed E-state index contributed by atoms with van der Waals surface area (Å²) in [5.41, 5.74) is 1.93. The highest BCUT2D eigenvalue weighted by Crippen LogP contribution is 2.22. The Morgan fingerprint density at radius 1 is 1.11 bits per heavy atom. The molecule has 2 aromatic carbocycles. The van der Waals surface area contributed by atoms with E-state index in [1.807, 2.05) is 31.2 Å². The predicted molar refractivity (Wildman–Crippen MR) is 108 cm³/mol. The number of nitrogens with one attached hydrogen (secondary N) is 2. The lowest BCUT2D eigenvalue weighted by molar-refractivity contribution is -0.121. The number of aryl methyl sites for hydroxylation is 1. The number of hydrogen-bond donors (Lipinski definition) is 2. The van der Waals surface area contributed by atoms with Crippen molar-refractivity contribution in [3.63, 3.8) is 0 Å². The van der Waals surface area contributed by atoms with E-state index in [1.54, 1.807) is 31.4 Å². The van der Waals surface area contributed by atoms with Gasteiger partial charge in [-0.25, -0.2) is 13.1 Å². The van der Waals surface area contributed by atoms with Crippen LogP contribution in [0.25, 0.3) is 0 Å². The molecule has 1 amide bonds. The topological polar surface area (TPSA) is 84.5 Å². The fourth-order valence-corrected chi connectivity index (χ4v) is 4.18. The van der Waals surface area contributed by atoms with Gasteiger partial charge in [-0.2, -0.15) is 0 Å². The molecule has 0 aromatic heterocycles. The summed E-state index contributed by atoms with van der Waals surface area (Å²) in [4.78, 5) is 12.5. The number of carbonyl (C=O) groups is 1. The SMILES string of the molecule is COc1ccc([C@@H](C)NC(=O)CCc2ccc(S(=O)(=O)NC3CC3)cc2)cc1. The first-order chi connectivity index (χ1) is 13.4. The van der Waals surface area contributed by atoms with Crippen molar-refractivity contribution in [3.05, 3.63) is 59.7 Å². The van der Waals surface area contributed by atoms with Crippen molar-refractivity contribution in [1.82, 2.24) is 10.0 Å². The maximum absolute atomic E-state index is 12.2. The van der Waals surface area contributed by atoms with Gasteiger partial charge in [-0.15, -0.1) is 0 Å². The van der Waals surface area contributed by atoms with Gasteiger partial charge in [0.1, 0.15) is 5.75 Å². The van der Waals surface area contributed by atoms with E-state index in [0.29, 0.717) is 12.8 Å². The monoisotopic (exact) mass is 402 g/mol. The van der Waals surface area contributed by atoms with Crippen LogP contribution in [0.4, 0.5) is 0 Å². The zero-order chi connectivity index (χ0) is 20.1. The van der Waals surface area contributed by atoms with Gasteiger partial charge in [-0.1, -0.05) is 24.3 Å². The third-order valence-electron chi connectivity index (χ3n) is 4.77. The zero-order valence-corrected chi connectivity index (χ0v) is 17.0. The van der Waals surface area contributed by atoms with Gasteiger partial charge in [0.2, 0.25) is 15.9 Å². The van der Waals surface area contributed by atoms with Crippen LogP contribution in [0.1, 0.15) is 43.4 Å². The van der Waals surface area contributed by atoms with Gasteiger partial charge < -0.3 is 10.1 Å². The first kappa shape index (κ1) is 20.4. The molecule has 1 fully saturated rings. The second-order valence-electron chi connectivity index (χ2n) is 7.10. The minimum Gasteiger partial charge on any atom is -0.497 e. The van der Waals surface area contributed by atoms with Crippen LogP contribution in [-0.2, 0) is 21.2 Å². The molecular weight excluding hydrogens is 376 g/mol. The molecule has 0 saturated heterocycles. The fourth-order valence-electron chi connectivity index (χ4n) is 2.87. The third kappa shape index (κ3) is 5.56. The van der Waals surface area contributed by atoms with Crippen molar-refractivity contribution in [3.8, 4) is 5.75 Å². The fraction of sp³-hybridized carbons (Fsp3) is 0.381. The second-order valence-corrected chi connectivity index (χ2v) is 8.82. The van der Waals surface area contributed by atoms with Crippen LogP contribution in [0, 0.1) is 0 Å². The molecule has 0 radical (unpaired) electrons. The van der Waals surface area contributed by atoms with Crippen molar-refractivity contribution in [2.24, 2.45) is 0 Å². The molecule has 1 saturated carbocycles. The van der Waals surface area contributed by atoms with E-state index in [-0.39, 0.29) is 22.9 Å². The molecule has 1 aliphatic carbocycles. The molecular formula is C21H26N2O4S. The van der Waals surface area contributed by atoms with Crippen LogP contribution in [0.3, 0.4) is 0 Å². The summed E-state index contributed by atoms with van der Waals surface area (Å²) in [6.07, 6.45) is 2.70. The highest BCUT2D eigenvalue weighted by atomic mass is 32.2. The first-order valence-corrected chi connectivity index (χ1v) is 10.9. The highest BCUT2D eigenvalue weighted by Gasteiger charge is 2.27. The first-order valence-electron chi connectivity index (χ1n) is 9.42. The highest BCUT2D eigenvalue weighted by molar-refractivity contribution is 7.89. The Morgan fingerprint density at radius 3 is 2.32 bits per heavy atom. The van der Waals surface area contributed by atoms with Crippen molar-refractivity contribution in [2.45, 2.75) is 49.6 Å². The molecule has 0 aliphatic heterocycles. The summed E-state index contributed by atoms with van der Waals surface area (Å²) < 4.78 is 32.1. The number of benzene rings is 2.